The van der Waals surface area contributed by atoms with Gasteiger partial charge in [-0.15, -0.1) is 0 Å². The molecule has 2 aromatic carbocycles. The highest BCUT2D eigenvalue weighted by Gasteiger charge is 2.16. The molecule has 20 heavy (non-hydrogen) atoms. The first kappa shape index (κ1) is 14.4. The molecule has 4 nitrogen and oxygen atoms in total. The van der Waals surface area contributed by atoms with E-state index in [9.17, 15) is 8.42 Å². The molecule has 0 aliphatic carbocycles. The minimum absolute atomic E-state index is 0.178. The van der Waals surface area contributed by atoms with Crippen LogP contribution in [0.4, 0.5) is 5.69 Å². The van der Waals surface area contributed by atoms with Crippen molar-refractivity contribution in [3.63, 3.8) is 0 Å². The predicted octanol–water partition coefficient (Wildman–Crippen LogP) is 3.11. The van der Waals surface area contributed by atoms with Gasteiger partial charge < -0.3 is 4.74 Å². The molecule has 0 aliphatic rings. The fraction of sp³-hybridized carbons (Fsp3) is 0.200. The zero-order valence-electron chi connectivity index (χ0n) is 11.7. The van der Waals surface area contributed by atoms with Crippen molar-refractivity contribution in [3.8, 4) is 5.75 Å². The maximum Gasteiger partial charge on any atom is 0.262 e. The standard InChI is InChI=1S/C15H17NO3S/c1-11-6-4-9-15(12(11)2)16-20(17,18)14-8-5-7-13(10-14)19-3/h4-10,16H,1-3H3. The van der Waals surface area contributed by atoms with Crippen LogP contribution in [0.2, 0.25) is 0 Å². The Morgan fingerprint density at radius 2 is 1.75 bits per heavy atom. The fourth-order valence-corrected chi connectivity index (χ4v) is 2.99. The van der Waals surface area contributed by atoms with E-state index in [2.05, 4.69) is 4.72 Å². The number of hydrogen-bond acceptors (Lipinski definition) is 3. The quantitative estimate of drug-likeness (QED) is 0.941. The van der Waals surface area contributed by atoms with Crippen molar-refractivity contribution in [2.75, 3.05) is 11.8 Å². The number of methoxy groups -OCH3 is 1. The topological polar surface area (TPSA) is 55.4 Å². The number of aryl methyl sites for hydroxylation is 1. The van der Waals surface area contributed by atoms with Crippen molar-refractivity contribution in [2.24, 2.45) is 0 Å². The van der Waals surface area contributed by atoms with E-state index in [0.29, 0.717) is 11.4 Å². The van der Waals surface area contributed by atoms with Crippen LogP contribution in [0.5, 0.6) is 5.75 Å². The van der Waals surface area contributed by atoms with Gasteiger partial charge in [-0.2, -0.15) is 0 Å². The molecule has 2 rings (SSSR count). The highest BCUT2D eigenvalue weighted by Crippen LogP contribution is 2.23. The molecule has 0 spiro atoms. The summed E-state index contributed by atoms with van der Waals surface area (Å²) in [5, 5.41) is 0. The lowest BCUT2D eigenvalue weighted by Gasteiger charge is -2.12. The molecule has 5 heteroatoms. The Labute approximate surface area is 119 Å². The summed E-state index contributed by atoms with van der Waals surface area (Å²) >= 11 is 0. The molecule has 2 aromatic rings. The summed E-state index contributed by atoms with van der Waals surface area (Å²) in [6.45, 7) is 3.83. The number of anilines is 1. The van der Waals surface area contributed by atoms with Crippen molar-refractivity contribution in [1.82, 2.24) is 0 Å². The molecule has 0 bridgehead atoms. The van der Waals surface area contributed by atoms with Crippen molar-refractivity contribution >= 4 is 15.7 Å². The summed E-state index contributed by atoms with van der Waals surface area (Å²) < 4.78 is 32.4. The Balaban J connectivity index is 2.38. The van der Waals surface area contributed by atoms with Gasteiger partial charge >= 0.3 is 0 Å². The smallest absolute Gasteiger partial charge is 0.262 e. The fourth-order valence-electron chi connectivity index (χ4n) is 1.83. The Hall–Kier alpha value is -2.01. The molecule has 0 heterocycles. The molecule has 0 radical (unpaired) electrons. The molecule has 1 N–H and O–H groups in total. The Morgan fingerprint density at radius 1 is 1.05 bits per heavy atom. The lowest BCUT2D eigenvalue weighted by Crippen LogP contribution is -2.14. The second kappa shape index (κ2) is 5.54. The lowest BCUT2D eigenvalue weighted by molar-refractivity contribution is 0.413. The van der Waals surface area contributed by atoms with E-state index >= 15 is 0 Å². The monoisotopic (exact) mass is 291 g/mol. The van der Waals surface area contributed by atoms with Crippen molar-refractivity contribution in [3.05, 3.63) is 53.6 Å². The molecule has 106 valence electrons. The maximum atomic E-state index is 12.4. The van der Waals surface area contributed by atoms with Crippen LogP contribution >= 0.6 is 0 Å². The number of ether oxygens (including phenoxy) is 1. The molecular weight excluding hydrogens is 274 g/mol. The summed E-state index contributed by atoms with van der Waals surface area (Å²) in [7, 11) is -2.11. The van der Waals surface area contributed by atoms with Gasteiger partial charge in [-0.05, 0) is 43.2 Å². The molecule has 0 aromatic heterocycles. The van der Waals surface area contributed by atoms with Crippen LogP contribution in [0.3, 0.4) is 0 Å². The van der Waals surface area contributed by atoms with E-state index in [1.54, 1.807) is 18.2 Å². The second-order valence-corrected chi connectivity index (χ2v) is 6.21. The van der Waals surface area contributed by atoms with Gasteiger partial charge in [-0.1, -0.05) is 18.2 Å². The van der Waals surface area contributed by atoms with Crippen molar-refractivity contribution < 1.29 is 13.2 Å². The summed E-state index contributed by atoms with van der Waals surface area (Å²) in [5.41, 5.74) is 2.54. The lowest BCUT2D eigenvalue weighted by atomic mass is 10.1. The van der Waals surface area contributed by atoms with E-state index in [4.69, 9.17) is 4.74 Å². The number of sulfonamides is 1. The van der Waals surface area contributed by atoms with Gasteiger partial charge in [-0.3, -0.25) is 4.72 Å². The van der Waals surface area contributed by atoms with Gasteiger partial charge in [0.25, 0.3) is 10.0 Å². The Bertz CT molecular complexity index is 724. The molecular formula is C15H17NO3S. The van der Waals surface area contributed by atoms with Crippen molar-refractivity contribution in [1.29, 1.82) is 0 Å². The van der Waals surface area contributed by atoms with E-state index < -0.39 is 10.0 Å². The average molecular weight is 291 g/mol. The minimum atomic E-state index is -3.62. The first-order valence-electron chi connectivity index (χ1n) is 6.17. The van der Waals surface area contributed by atoms with E-state index in [1.807, 2.05) is 26.0 Å². The third-order valence-electron chi connectivity index (χ3n) is 3.20. The predicted molar refractivity (Wildman–Crippen MR) is 79.7 cm³/mol. The molecule has 0 amide bonds. The Kier molecular flexibility index (Phi) is 3.99. The SMILES string of the molecule is COc1cccc(S(=O)(=O)Nc2cccc(C)c2C)c1. The first-order valence-corrected chi connectivity index (χ1v) is 7.65. The van der Waals surface area contributed by atoms with E-state index in [0.717, 1.165) is 11.1 Å². The van der Waals surface area contributed by atoms with Crippen LogP contribution < -0.4 is 9.46 Å². The second-order valence-electron chi connectivity index (χ2n) is 4.53. The Morgan fingerprint density at radius 3 is 2.45 bits per heavy atom. The van der Waals surface area contributed by atoms with Crippen LogP contribution in [0.25, 0.3) is 0 Å². The number of hydrogen-bond donors (Lipinski definition) is 1. The first-order chi connectivity index (χ1) is 9.44. The van der Waals surface area contributed by atoms with E-state index in [1.165, 1.54) is 19.2 Å². The van der Waals surface area contributed by atoms with Crippen LogP contribution in [-0.2, 0) is 10.0 Å². The van der Waals surface area contributed by atoms with Crippen LogP contribution in [0, 0.1) is 13.8 Å². The largest absolute Gasteiger partial charge is 0.497 e. The maximum absolute atomic E-state index is 12.4. The molecule has 0 unspecified atom stereocenters. The van der Waals surface area contributed by atoms with Gasteiger partial charge in [0.05, 0.1) is 17.7 Å². The zero-order chi connectivity index (χ0) is 14.8. The third kappa shape index (κ3) is 2.93. The molecule has 0 fully saturated rings. The number of rotatable bonds is 4. The normalized spacial score (nSPS) is 11.2. The molecule has 0 saturated carbocycles. The number of benzene rings is 2. The summed E-state index contributed by atoms with van der Waals surface area (Å²) in [6.07, 6.45) is 0. The van der Waals surface area contributed by atoms with Gasteiger partial charge in [0, 0.05) is 6.07 Å². The molecule has 0 aliphatic heterocycles. The summed E-state index contributed by atoms with van der Waals surface area (Å²) in [4.78, 5) is 0.178. The van der Waals surface area contributed by atoms with Gasteiger partial charge in [0.1, 0.15) is 5.75 Å². The van der Waals surface area contributed by atoms with Crippen LogP contribution in [0.1, 0.15) is 11.1 Å². The zero-order valence-corrected chi connectivity index (χ0v) is 12.5. The highest BCUT2D eigenvalue weighted by molar-refractivity contribution is 7.92. The summed E-state index contributed by atoms with van der Waals surface area (Å²) in [5.74, 6) is 0.508. The number of nitrogens with one attached hydrogen (secondary N) is 1. The molecule has 0 atom stereocenters. The van der Waals surface area contributed by atoms with Crippen LogP contribution in [0.15, 0.2) is 47.4 Å². The third-order valence-corrected chi connectivity index (χ3v) is 4.56. The van der Waals surface area contributed by atoms with Crippen molar-refractivity contribution in [2.45, 2.75) is 18.7 Å². The minimum Gasteiger partial charge on any atom is -0.497 e. The van der Waals surface area contributed by atoms with Gasteiger partial charge in [0.2, 0.25) is 0 Å². The highest BCUT2D eigenvalue weighted by atomic mass is 32.2. The van der Waals surface area contributed by atoms with E-state index in [-0.39, 0.29) is 4.90 Å². The van der Waals surface area contributed by atoms with Gasteiger partial charge in [-0.25, -0.2) is 8.42 Å². The van der Waals surface area contributed by atoms with Gasteiger partial charge in [0.15, 0.2) is 0 Å². The van der Waals surface area contributed by atoms with Crippen LogP contribution in [-0.4, -0.2) is 15.5 Å². The summed E-state index contributed by atoms with van der Waals surface area (Å²) in [6, 6.07) is 11.9. The average Bonchev–Trinajstić information content (AvgIpc) is 2.44. The molecule has 0 saturated heterocycles.